The molecule has 0 aromatic heterocycles. The van der Waals surface area contributed by atoms with Crippen LogP contribution >= 0.6 is 0 Å². The third kappa shape index (κ3) is 5.87. The quantitative estimate of drug-likeness (QED) is 0.560. The Balaban J connectivity index is 1.49. The van der Waals surface area contributed by atoms with E-state index in [0.29, 0.717) is 17.8 Å². The van der Waals surface area contributed by atoms with Crippen molar-refractivity contribution in [2.45, 2.75) is 11.3 Å². The number of carbonyl (C=O) groups excluding carboxylic acids is 1. The molecular formula is C20H26N3O4S+. The topological polar surface area (TPSA) is 88.9 Å². The number of quaternary nitrogens is 1. The van der Waals surface area contributed by atoms with Crippen molar-refractivity contribution in [1.82, 2.24) is 4.72 Å². The first-order valence-electron chi connectivity index (χ1n) is 9.42. The van der Waals surface area contributed by atoms with Crippen LogP contribution in [0.5, 0.6) is 0 Å². The van der Waals surface area contributed by atoms with Crippen LogP contribution in [0.4, 0.5) is 5.69 Å². The molecule has 0 atom stereocenters. The molecule has 2 aromatic rings. The van der Waals surface area contributed by atoms with Crippen LogP contribution in [0.3, 0.4) is 0 Å². The number of carbonyl (C=O) groups is 1. The molecule has 1 fully saturated rings. The number of hydrogen-bond donors (Lipinski definition) is 3. The first-order chi connectivity index (χ1) is 13.5. The van der Waals surface area contributed by atoms with Crippen molar-refractivity contribution in [2.75, 3.05) is 44.7 Å². The number of hydrogen-bond acceptors (Lipinski definition) is 4. The van der Waals surface area contributed by atoms with Crippen molar-refractivity contribution in [3.05, 3.63) is 60.2 Å². The number of benzene rings is 2. The van der Waals surface area contributed by atoms with Gasteiger partial charge in [0, 0.05) is 24.2 Å². The lowest BCUT2D eigenvalue weighted by atomic mass is 10.2. The number of anilines is 1. The first kappa shape index (κ1) is 20.5. The lowest BCUT2D eigenvalue weighted by Gasteiger charge is -2.23. The van der Waals surface area contributed by atoms with Gasteiger partial charge in [-0.2, -0.15) is 0 Å². The second kappa shape index (κ2) is 9.79. The van der Waals surface area contributed by atoms with Crippen molar-refractivity contribution in [1.29, 1.82) is 0 Å². The van der Waals surface area contributed by atoms with E-state index in [2.05, 4.69) is 10.0 Å². The fourth-order valence-electron chi connectivity index (χ4n) is 3.05. The van der Waals surface area contributed by atoms with Gasteiger partial charge in [0.1, 0.15) is 13.1 Å². The van der Waals surface area contributed by atoms with Crippen LogP contribution in [-0.4, -0.2) is 53.7 Å². The monoisotopic (exact) mass is 404 g/mol. The summed E-state index contributed by atoms with van der Waals surface area (Å²) < 4.78 is 32.8. The molecule has 1 amide bonds. The van der Waals surface area contributed by atoms with Gasteiger partial charge in [0.15, 0.2) is 0 Å². The van der Waals surface area contributed by atoms with E-state index in [4.69, 9.17) is 4.74 Å². The van der Waals surface area contributed by atoms with Crippen LogP contribution in [-0.2, 0) is 14.8 Å². The molecular weight excluding hydrogens is 378 g/mol. The van der Waals surface area contributed by atoms with Gasteiger partial charge in [0.2, 0.25) is 10.0 Å². The molecule has 0 radical (unpaired) electrons. The maximum absolute atomic E-state index is 12.4. The van der Waals surface area contributed by atoms with Crippen LogP contribution in [0.25, 0.3) is 0 Å². The van der Waals surface area contributed by atoms with Gasteiger partial charge in [0.05, 0.1) is 24.7 Å². The third-order valence-corrected chi connectivity index (χ3v) is 6.13. The smallest absolute Gasteiger partial charge is 0.255 e. The summed E-state index contributed by atoms with van der Waals surface area (Å²) in [7, 11) is -3.56. The van der Waals surface area contributed by atoms with Crippen molar-refractivity contribution in [2.24, 2.45) is 0 Å². The Labute approximate surface area is 165 Å². The summed E-state index contributed by atoms with van der Waals surface area (Å²) in [5.74, 6) is -0.236. The van der Waals surface area contributed by atoms with E-state index in [1.807, 2.05) is 6.07 Å². The highest BCUT2D eigenvalue weighted by atomic mass is 32.2. The van der Waals surface area contributed by atoms with Crippen LogP contribution in [0.2, 0.25) is 0 Å². The van der Waals surface area contributed by atoms with E-state index in [9.17, 15) is 13.2 Å². The SMILES string of the molecule is O=C(Nc1ccc(S(=O)(=O)NCCC[NH+]2CCOCC2)cc1)c1ccccc1. The van der Waals surface area contributed by atoms with Crippen LogP contribution in [0.15, 0.2) is 59.5 Å². The molecule has 0 bridgehead atoms. The summed E-state index contributed by atoms with van der Waals surface area (Å²) in [5, 5.41) is 2.76. The Morgan fingerprint density at radius 3 is 2.36 bits per heavy atom. The minimum atomic E-state index is -3.56. The summed E-state index contributed by atoms with van der Waals surface area (Å²) in [6.07, 6.45) is 0.778. The van der Waals surface area contributed by atoms with Gasteiger partial charge >= 0.3 is 0 Å². The molecule has 1 aliphatic rings. The Kier molecular flexibility index (Phi) is 7.16. The fraction of sp³-hybridized carbons (Fsp3) is 0.350. The van der Waals surface area contributed by atoms with Crippen LogP contribution in [0, 0.1) is 0 Å². The summed E-state index contributed by atoms with van der Waals surface area (Å²) >= 11 is 0. The van der Waals surface area contributed by atoms with E-state index in [1.54, 1.807) is 36.4 Å². The zero-order valence-electron chi connectivity index (χ0n) is 15.7. The van der Waals surface area contributed by atoms with Crippen molar-refractivity contribution < 1.29 is 22.8 Å². The molecule has 3 N–H and O–H groups in total. The molecule has 150 valence electrons. The molecule has 0 unspecified atom stereocenters. The predicted molar refractivity (Wildman–Crippen MR) is 107 cm³/mol. The highest BCUT2D eigenvalue weighted by molar-refractivity contribution is 7.89. The van der Waals surface area contributed by atoms with Crippen molar-refractivity contribution in [3.8, 4) is 0 Å². The lowest BCUT2D eigenvalue weighted by Crippen LogP contribution is -3.14. The first-order valence-corrected chi connectivity index (χ1v) is 10.9. The largest absolute Gasteiger partial charge is 0.370 e. The highest BCUT2D eigenvalue weighted by Crippen LogP contribution is 2.15. The Morgan fingerprint density at radius 2 is 1.68 bits per heavy atom. The third-order valence-electron chi connectivity index (χ3n) is 4.66. The normalized spacial score (nSPS) is 15.3. The Morgan fingerprint density at radius 1 is 1.00 bits per heavy atom. The minimum absolute atomic E-state index is 0.184. The zero-order valence-corrected chi connectivity index (χ0v) is 16.5. The maximum Gasteiger partial charge on any atom is 0.255 e. The average Bonchev–Trinajstić information content (AvgIpc) is 2.73. The summed E-state index contributed by atoms with van der Waals surface area (Å²) in [4.78, 5) is 13.8. The lowest BCUT2D eigenvalue weighted by molar-refractivity contribution is -0.908. The number of rotatable bonds is 8. The average molecular weight is 405 g/mol. The van der Waals surface area contributed by atoms with Gasteiger partial charge < -0.3 is 15.0 Å². The van der Waals surface area contributed by atoms with Gasteiger partial charge in [-0.05, 0) is 36.4 Å². The summed E-state index contributed by atoms with van der Waals surface area (Å²) in [5.41, 5.74) is 1.09. The van der Waals surface area contributed by atoms with Crippen molar-refractivity contribution >= 4 is 21.6 Å². The fourth-order valence-corrected chi connectivity index (χ4v) is 4.12. The van der Waals surface area contributed by atoms with Gasteiger partial charge in [0.25, 0.3) is 5.91 Å². The summed E-state index contributed by atoms with van der Waals surface area (Å²) in [6, 6.07) is 15.0. The molecule has 8 heteroatoms. The Bertz CT molecular complexity index is 864. The van der Waals surface area contributed by atoms with Crippen LogP contribution in [0.1, 0.15) is 16.8 Å². The van der Waals surface area contributed by atoms with Gasteiger partial charge in [-0.25, -0.2) is 13.1 Å². The van der Waals surface area contributed by atoms with Crippen molar-refractivity contribution in [3.63, 3.8) is 0 Å². The van der Waals surface area contributed by atoms with E-state index in [-0.39, 0.29) is 10.8 Å². The molecule has 1 aliphatic heterocycles. The number of amides is 1. The van der Waals surface area contributed by atoms with E-state index in [0.717, 1.165) is 39.3 Å². The molecule has 1 saturated heterocycles. The molecule has 7 nitrogen and oxygen atoms in total. The van der Waals surface area contributed by atoms with Gasteiger partial charge in [-0.15, -0.1) is 0 Å². The molecule has 0 aliphatic carbocycles. The van der Waals surface area contributed by atoms with E-state index in [1.165, 1.54) is 17.0 Å². The molecule has 28 heavy (non-hydrogen) atoms. The van der Waals surface area contributed by atoms with E-state index < -0.39 is 10.0 Å². The van der Waals surface area contributed by atoms with Gasteiger partial charge in [-0.1, -0.05) is 18.2 Å². The maximum atomic E-state index is 12.4. The molecule has 2 aromatic carbocycles. The molecule has 3 rings (SSSR count). The highest BCUT2D eigenvalue weighted by Gasteiger charge is 2.16. The minimum Gasteiger partial charge on any atom is -0.370 e. The number of sulfonamides is 1. The number of morpholine rings is 1. The summed E-state index contributed by atoms with van der Waals surface area (Å²) in [6.45, 7) is 4.82. The zero-order chi connectivity index (χ0) is 19.8. The number of ether oxygens (including phenoxy) is 1. The molecule has 1 heterocycles. The second-order valence-corrected chi connectivity index (χ2v) is 8.48. The second-order valence-electron chi connectivity index (χ2n) is 6.71. The standard InChI is InChI=1S/C20H25N3O4S/c24-20(17-5-2-1-3-6-17)22-18-7-9-19(10-8-18)28(25,26)21-11-4-12-23-13-15-27-16-14-23/h1-3,5-10,21H,4,11-16H2,(H,22,24)/p+1. The number of nitrogens with one attached hydrogen (secondary N) is 3. The molecule has 0 saturated carbocycles. The predicted octanol–water partition coefficient (Wildman–Crippen LogP) is 0.522. The van der Waals surface area contributed by atoms with Gasteiger partial charge in [-0.3, -0.25) is 4.79 Å². The molecule has 0 spiro atoms. The van der Waals surface area contributed by atoms with Crippen LogP contribution < -0.4 is 14.9 Å². The Hall–Kier alpha value is -2.26. The van der Waals surface area contributed by atoms with E-state index >= 15 is 0 Å².